The Labute approximate surface area is 184 Å². The first-order valence-electron chi connectivity index (χ1n) is 8.95. The van der Waals surface area contributed by atoms with Crippen LogP contribution >= 0.6 is 34.7 Å². The van der Waals surface area contributed by atoms with Crippen molar-refractivity contribution in [2.75, 3.05) is 7.11 Å². The molecule has 30 heavy (non-hydrogen) atoms. The first-order chi connectivity index (χ1) is 14.4. The van der Waals surface area contributed by atoms with Crippen molar-refractivity contribution >= 4 is 46.5 Å². The summed E-state index contributed by atoms with van der Waals surface area (Å²) in [5.41, 5.74) is 1.12. The Morgan fingerprint density at radius 3 is 2.37 bits per heavy atom. The van der Waals surface area contributed by atoms with Gasteiger partial charge in [-0.25, -0.2) is 0 Å². The number of methoxy groups -OCH3 is 1. The first kappa shape index (κ1) is 20.7. The van der Waals surface area contributed by atoms with E-state index in [1.165, 1.54) is 0 Å². The lowest BCUT2D eigenvalue weighted by atomic mass is 9.78. The van der Waals surface area contributed by atoms with Gasteiger partial charge in [0.2, 0.25) is 0 Å². The second kappa shape index (κ2) is 8.29. The van der Waals surface area contributed by atoms with Crippen LogP contribution in [0.4, 0.5) is 0 Å². The van der Waals surface area contributed by atoms with Gasteiger partial charge in [0.1, 0.15) is 11.0 Å². The number of ether oxygens (including phenoxy) is 1. The van der Waals surface area contributed by atoms with Gasteiger partial charge in [0.25, 0.3) is 0 Å². The molecule has 0 aliphatic carbocycles. The minimum atomic E-state index is -1.11. The van der Waals surface area contributed by atoms with Crippen molar-refractivity contribution in [2.45, 2.75) is 16.2 Å². The van der Waals surface area contributed by atoms with E-state index in [1.54, 1.807) is 55.6 Å². The first-order valence-corrected chi connectivity index (χ1v) is 11.0. The fourth-order valence-electron chi connectivity index (χ4n) is 3.63. The van der Waals surface area contributed by atoms with Crippen LogP contribution in [0.15, 0.2) is 58.4 Å². The number of aromatic amines is 1. The number of aromatic nitrogens is 1. The molecule has 0 unspecified atom stereocenters. The number of carbonyl (C=O) groups is 2. The third-order valence-corrected chi connectivity index (χ3v) is 7.66. The van der Waals surface area contributed by atoms with Crippen molar-refractivity contribution in [3.05, 3.63) is 79.2 Å². The lowest BCUT2D eigenvalue weighted by molar-refractivity contribution is -0.137. The van der Waals surface area contributed by atoms with Crippen molar-refractivity contribution < 1.29 is 19.4 Å². The fraction of sp³-hybridized carbons (Fsp3) is 0.190. The summed E-state index contributed by atoms with van der Waals surface area (Å²) in [4.78, 5) is 40.8. The monoisotopic (exact) mass is 461 g/mol. The number of nitrogens with one attached hydrogen (secondary N) is 1. The summed E-state index contributed by atoms with van der Waals surface area (Å²) in [5, 5.41) is 9.85. The number of ketones is 1. The van der Waals surface area contributed by atoms with Crippen LogP contribution in [0.2, 0.25) is 5.02 Å². The summed E-state index contributed by atoms with van der Waals surface area (Å²) < 4.78 is 5.21. The summed E-state index contributed by atoms with van der Waals surface area (Å²) in [6, 6.07) is 13.5. The Bertz CT molecular complexity index is 1150. The van der Waals surface area contributed by atoms with Gasteiger partial charge < -0.3 is 14.8 Å². The normalized spacial score (nSPS) is 20.4. The van der Waals surface area contributed by atoms with Gasteiger partial charge in [-0.15, -0.1) is 0 Å². The molecule has 1 aromatic heterocycles. The SMILES string of the molecule is COc1ccc([C@H]2c3sc(=O)[nH]c3S[C@@H](C(=O)O)[C@@H]2C(=O)c2ccc(Cl)cc2)cc1. The number of Topliss-reactive ketones (excluding diaryl/α,β-unsaturated/α-hetero) is 1. The predicted octanol–water partition coefficient (Wildman–Crippen LogP) is 4.29. The van der Waals surface area contributed by atoms with Crippen molar-refractivity contribution in [2.24, 2.45) is 5.92 Å². The van der Waals surface area contributed by atoms with Crippen LogP contribution in [0.1, 0.15) is 26.7 Å². The molecule has 9 heteroatoms. The molecule has 2 N–H and O–H groups in total. The van der Waals surface area contributed by atoms with E-state index in [0.29, 0.717) is 26.2 Å². The number of halogens is 1. The van der Waals surface area contributed by atoms with Crippen LogP contribution in [-0.4, -0.2) is 34.2 Å². The van der Waals surface area contributed by atoms with E-state index in [1.807, 2.05) is 0 Å². The minimum absolute atomic E-state index is 0.283. The van der Waals surface area contributed by atoms with E-state index in [4.69, 9.17) is 16.3 Å². The lowest BCUT2D eigenvalue weighted by Crippen LogP contribution is -2.39. The molecule has 1 aliphatic rings. The standard InChI is InChI=1S/C21H16ClNO5S2/c1-28-13-8-4-10(5-9-13)14-15(16(24)11-2-6-12(22)7-3-11)18(20(25)26)29-19-17(14)30-21(27)23-19/h2-9,14-15,18H,1H3,(H,23,27)(H,25,26)/t14-,15+,18-/m1/s1. The number of aliphatic carboxylic acids is 1. The number of rotatable bonds is 5. The molecule has 3 aromatic rings. The van der Waals surface area contributed by atoms with E-state index < -0.39 is 23.1 Å². The summed E-state index contributed by atoms with van der Waals surface area (Å²) in [5.74, 6) is -2.26. The molecule has 0 saturated carbocycles. The summed E-state index contributed by atoms with van der Waals surface area (Å²) >= 11 is 7.96. The van der Waals surface area contributed by atoms with Gasteiger partial charge in [-0.05, 0) is 42.0 Å². The van der Waals surface area contributed by atoms with E-state index in [2.05, 4.69) is 4.98 Å². The molecule has 0 bridgehead atoms. The van der Waals surface area contributed by atoms with Gasteiger partial charge in [-0.2, -0.15) is 0 Å². The van der Waals surface area contributed by atoms with E-state index in [9.17, 15) is 19.5 Å². The average molecular weight is 462 g/mol. The number of benzene rings is 2. The smallest absolute Gasteiger partial charge is 0.317 e. The van der Waals surface area contributed by atoms with Gasteiger partial charge in [0.05, 0.1) is 18.1 Å². The lowest BCUT2D eigenvalue weighted by Gasteiger charge is -2.34. The largest absolute Gasteiger partial charge is 0.497 e. The second-order valence-corrected chi connectivity index (χ2v) is 9.34. The van der Waals surface area contributed by atoms with E-state index in [-0.39, 0.29) is 10.7 Å². The van der Waals surface area contributed by atoms with Crippen molar-refractivity contribution in [3.8, 4) is 5.75 Å². The topological polar surface area (TPSA) is 96.5 Å². The van der Waals surface area contributed by atoms with Crippen LogP contribution in [0.25, 0.3) is 0 Å². The Hall–Kier alpha value is -2.55. The molecule has 154 valence electrons. The number of thioether (sulfide) groups is 1. The maximum Gasteiger partial charge on any atom is 0.317 e. The third kappa shape index (κ3) is 3.78. The number of hydrogen-bond acceptors (Lipinski definition) is 6. The number of hydrogen-bond donors (Lipinski definition) is 2. The zero-order chi connectivity index (χ0) is 21.4. The minimum Gasteiger partial charge on any atom is -0.497 e. The zero-order valence-corrected chi connectivity index (χ0v) is 18.0. The summed E-state index contributed by atoms with van der Waals surface area (Å²) in [7, 11) is 1.55. The fourth-order valence-corrected chi connectivity index (χ4v) is 6.17. The van der Waals surface area contributed by atoms with Crippen molar-refractivity contribution in [1.82, 2.24) is 4.98 Å². The van der Waals surface area contributed by atoms with E-state index in [0.717, 1.165) is 28.7 Å². The molecule has 2 aromatic carbocycles. The highest BCUT2D eigenvalue weighted by molar-refractivity contribution is 8.00. The molecule has 2 heterocycles. The molecule has 0 spiro atoms. The predicted molar refractivity (Wildman–Crippen MR) is 116 cm³/mol. The summed E-state index contributed by atoms with van der Waals surface area (Å²) in [6.07, 6.45) is 0. The van der Waals surface area contributed by atoms with Gasteiger partial charge in [0.15, 0.2) is 5.78 Å². The Morgan fingerprint density at radius 1 is 1.10 bits per heavy atom. The highest BCUT2D eigenvalue weighted by atomic mass is 35.5. The molecule has 0 amide bonds. The molecule has 1 aliphatic heterocycles. The highest BCUT2D eigenvalue weighted by Crippen LogP contribution is 2.50. The van der Waals surface area contributed by atoms with Crippen LogP contribution in [0.5, 0.6) is 5.75 Å². The molecule has 0 saturated heterocycles. The van der Waals surface area contributed by atoms with Crippen molar-refractivity contribution in [1.29, 1.82) is 0 Å². The molecule has 0 radical (unpaired) electrons. The Kier molecular flexibility index (Phi) is 5.73. The van der Waals surface area contributed by atoms with Gasteiger partial charge in [0, 0.05) is 21.4 Å². The van der Waals surface area contributed by atoms with Crippen LogP contribution in [0, 0.1) is 5.92 Å². The van der Waals surface area contributed by atoms with Gasteiger partial charge in [-0.1, -0.05) is 46.8 Å². The third-order valence-electron chi connectivity index (χ3n) is 5.00. The molecular weight excluding hydrogens is 446 g/mol. The Balaban J connectivity index is 1.89. The number of H-pyrrole nitrogens is 1. The number of fused-ring (bicyclic) bond motifs is 1. The van der Waals surface area contributed by atoms with Crippen molar-refractivity contribution in [3.63, 3.8) is 0 Å². The zero-order valence-electron chi connectivity index (χ0n) is 15.6. The van der Waals surface area contributed by atoms with Gasteiger partial charge >= 0.3 is 10.8 Å². The number of carboxylic acids is 1. The summed E-state index contributed by atoms with van der Waals surface area (Å²) in [6.45, 7) is 0. The highest BCUT2D eigenvalue weighted by Gasteiger charge is 2.47. The van der Waals surface area contributed by atoms with Crippen LogP contribution < -0.4 is 9.61 Å². The number of carbonyl (C=O) groups excluding carboxylic acids is 1. The number of carboxylic acid groups (broad SMARTS) is 1. The Morgan fingerprint density at radius 2 is 1.77 bits per heavy atom. The van der Waals surface area contributed by atoms with Gasteiger partial charge in [-0.3, -0.25) is 14.4 Å². The van der Waals surface area contributed by atoms with Crippen LogP contribution in [-0.2, 0) is 4.79 Å². The molecule has 3 atom stereocenters. The second-order valence-electron chi connectivity index (χ2n) is 6.73. The van der Waals surface area contributed by atoms with Crippen LogP contribution in [0.3, 0.4) is 0 Å². The quantitative estimate of drug-likeness (QED) is 0.550. The molecule has 0 fully saturated rings. The van der Waals surface area contributed by atoms with E-state index >= 15 is 0 Å². The average Bonchev–Trinajstić information content (AvgIpc) is 3.12. The number of thiazole rings is 1. The molecule has 6 nitrogen and oxygen atoms in total. The molecule has 4 rings (SSSR count). The maximum absolute atomic E-state index is 13.5. The molecular formula is C21H16ClNO5S2. The maximum atomic E-state index is 13.5.